The van der Waals surface area contributed by atoms with Gasteiger partial charge in [0.1, 0.15) is 11.4 Å². The molecule has 2 atom stereocenters. The molecule has 0 saturated heterocycles. The first-order chi connectivity index (χ1) is 13.8. The number of para-hydroxylation sites is 1. The highest BCUT2D eigenvalue weighted by atomic mass is 19.1. The molecule has 0 saturated carbocycles. The first kappa shape index (κ1) is 20.4. The maximum Gasteiger partial charge on any atom is 0.340 e. The third-order valence-corrected chi connectivity index (χ3v) is 5.43. The Morgan fingerprint density at radius 2 is 1.97 bits per heavy atom. The minimum absolute atomic E-state index is 0.0471. The molecule has 154 valence electrons. The molecule has 8 heteroatoms. The van der Waals surface area contributed by atoms with Crippen LogP contribution in [0.2, 0.25) is 0 Å². The van der Waals surface area contributed by atoms with Gasteiger partial charge in [-0.05, 0) is 31.6 Å². The van der Waals surface area contributed by atoms with Crippen LogP contribution in [-0.4, -0.2) is 33.1 Å². The molecular weight excluding hydrogens is 375 g/mol. The number of aromatic carboxylic acids is 1. The number of aryl methyl sites for hydroxylation is 1. The quantitative estimate of drug-likeness (QED) is 0.587. The van der Waals surface area contributed by atoms with Crippen molar-refractivity contribution < 1.29 is 19.1 Å². The fraction of sp³-hybridized carbons (Fsp3) is 0.333. The first-order valence-electron chi connectivity index (χ1n) is 9.54. The number of carboxylic acids is 1. The summed E-state index contributed by atoms with van der Waals surface area (Å²) in [5.74, 6) is -2.26. The standard InChI is InChI=1S/C21H25FN4O3/c1-3-21(10-11-24-26(21)14-8-6-5-7-9-14)12-16(22)18(27)15-13-25(4-2)19(23)17(15)20(28)29/h5-11,13,16,24H,3-4,12,23H2,1-2H3,(H,28,29). The van der Waals surface area contributed by atoms with E-state index in [-0.39, 0.29) is 23.4 Å². The largest absolute Gasteiger partial charge is 0.478 e. The number of ketones is 1. The molecule has 1 aliphatic heterocycles. The number of hydrogen-bond donors (Lipinski definition) is 3. The Morgan fingerprint density at radius 3 is 2.55 bits per heavy atom. The van der Waals surface area contributed by atoms with E-state index in [1.165, 1.54) is 10.8 Å². The first-order valence-corrected chi connectivity index (χ1v) is 9.54. The molecule has 2 heterocycles. The summed E-state index contributed by atoms with van der Waals surface area (Å²) < 4.78 is 16.7. The third-order valence-electron chi connectivity index (χ3n) is 5.43. The van der Waals surface area contributed by atoms with Gasteiger partial charge in [-0.25, -0.2) is 9.18 Å². The second-order valence-electron chi connectivity index (χ2n) is 7.02. The molecular formula is C21H25FN4O3. The molecule has 0 spiro atoms. The highest BCUT2D eigenvalue weighted by molar-refractivity contribution is 6.10. The molecule has 1 aromatic carbocycles. The fourth-order valence-corrected chi connectivity index (χ4v) is 3.77. The molecule has 0 aliphatic carbocycles. The van der Waals surface area contributed by atoms with Gasteiger partial charge in [0.05, 0.1) is 16.8 Å². The molecule has 0 bridgehead atoms. The van der Waals surface area contributed by atoms with Crippen LogP contribution in [0.15, 0.2) is 48.8 Å². The number of nitrogens with two attached hydrogens (primary N) is 1. The molecule has 0 amide bonds. The van der Waals surface area contributed by atoms with E-state index in [2.05, 4.69) is 5.43 Å². The zero-order valence-electron chi connectivity index (χ0n) is 16.4. The van der Waals surface area contributed by atoms with Crippen LogP contribution in [0.3, 0.4) is 0 Å². The molecule has 1 aliphatic rings. The number of Topliss-reactive ketones (excluding diaryl/α,β-unsaturated/α-hetero) is 1. The van der Waals surface area contributed by atoms with Gasteiger partial charge in [0.2, 0.25) is 0 Å². The number of carbonyl (C=O) groups is 2. The lowest BCUT2D eigenvalue weighted by Gasteiger charge is -2.39. The van der Waals surface area contributed by atoms with Gasteiger partial charge in [-0.3, -0.25) is 9.80 Å². The smallest absolute Gasteiger partial charge is 0.340 e. The number of alkyl halides is 1. The monoisotopic (exact) mass is 400 g/mol. The fourth-order valence-electron chi connectivity index (χ4n) is 3.77. The SMILES string of the molecule is CCn1cc(C(=O)C(F)CC2(CC)C=CNN2c2ccccc2)c(C(=O)O)c1N. The van der Waals surface area contributed by atoms with Crippen LogP contribution in [0.1, 0.15) is 47.4 Å². The van der Waals surface area contributed by atoms with Crippen molar-refractivity contribution in [3.63, 3.8) is 0 Å². The second-order valence-corrected chi connectivity index (χ2v) is 7.02. The Labute approximate surface area is 168 Å². The second kappa shape index (κ2) is 7.98. The van der Waals surface area contributed by atoms with Gasteiger partial charge in [-0.15, -0.1) is 0 Å². The summed E-state index contributed by atoms with van der Waals surface area (Å²) in [5, 5.41) is 11.3. The maximum atomic E-state index is 15.3. The van der Waals surface area contributed by atoms with Crippen molar-refractivity contribution in [2.75, 3.05) is 10.7 Å². The van der Waals surface area contributed by atoms with Gasteiger partial charge < -0.3 is 20.8 Å². The predicted molar refractivity (Wildman–Crippen MR) is 110 cm³/mol. The summed E-state index contributed by atoms with van der Waals surface area (Å²) in [6, 6.07) is 9.43. The van der Waals surface area contributed by atoms with Crippen LogP contribution in [0.5, 0.6) is 0 Å². The maximum absolute atomic E-state index is 15.3. The van der Waals surface area contributed by atoms with Gasteiger partial charge >= 0.3 is 5.97 Å². The Kier molecular flexibility index (Phi) is 5.63. The van der Waals surface area contributed by atoms with E-state index in [4.69, 9.17) is 5.73 Å². The number of nitrogens with zero attached hydrogens (tertiary/aromatic N) is 2. The molecule has 2 aromatic rings. The van der Waals surface area contributed by atoms with E-state index in [0.717, 1.165) is 5.69 Å². The number of aromatic nitrogens is 1. The van der Waals surface area contributed by atoms with Crippen LogP contribution in [0, 0.1) is 0 Å². The molecule has 3 rings (SSSR count). The number of halogens is 1. The van der Waals surface area contributed by atoms with E-state index >= 15 is 4.39 Å². The summed E-state index contributed by atoms with van der Waals surface area (Å²) in [5.41, 5.74) is 8.49. The van der Waals surface area contributed by atoms with Gasteiger partial charge in [-0.2, -0.15) is 0 Å². The Hall–Kier alpha value is -3.29. The van der Waals surface area contributed by atoms with Crippen molar-refractivity contribution in [2.45, 2.75) is 44.9 Å². The number of anilines is 2. The average Bonchev–Trinajstić information content (AvgIpc) is 3.29. The van der Waals surface area contributed by atoms with E-state index in [0.29, 0.717) is 13.0 Å². The molecule has 29 heavy (non-hydrogen) atoms. The van der Waals surface area contributed by atoms with Crippen LogP contribution in [0.25, 0.3) is 0 Å². The van der Waals surface area contributed by atoms with Crippen molar-refractivity contribution in [2.24, 2.45) is 0 Å². The van der Waals surface area contributed by atoms with E-state index in [1.54, 1.807) is 13.1 Å². The molecule has 7 nitrogen and oxygen atoms in total. The predicted octanol–water partition coefficient (Wildman–Crippen LogP) is 3.39. The van der Waals surface area contributed by atoms with Crippen LogP contribution >= 0.6 is 0 Å². The summed E-state index contributed by atoms with van der Waals surface area (Å²) in [7, 11) is 0. The van der Waals surface area contributed by atoms with Gasteiger partial charge in [0.25, 0.3) is 0 Å². The topological polar surface area (TPSA) is 101 Å². The lowest BCUT2D eigenvalue weighted by atomic mass is 9.86. The number of rotatable bonds is 8. The normalized spacial score (nSPS) is 19.2. The summed E-state index contributed by atoms with van der Waals surface area (Å²) in [6.07, 6.45) is 3.41. The number of hydrazine groups is 1. The van der Waals surface area contributed by atoms with Crippen molar-refractivity contribution in [1.82, 2.24) is 9.99 Å². The minimum atomic E-state index is -1.89. The van der Waals surface area contributed by atoms with Gasteiger partial charge in [0.15, 0.2) is 12.0 Å². The Bertz CT molecular complexity index is 941. The highest BCUT2D eigenvalue weighted by Gasteiger charge is 2.41. The zero-order chi connectivity index (χ0) is 21.2. The van der Waals surface area contributed by atoms with E-state index < -0.39 is 23.5 Å². The van der Waals surface area contributed by atoms with Crippen molar-refractivity contribution in [1.29, 1.82) is 0 Å². The average molecular weight is 400 g/mol. The number of nitrogen functional groups attached to an aromatic ring is 1. The summed E-state index contributed by atoms with van der Waals surface area (Å²) >= 11 is 0. The molecule has 4 N–H and O–H groups in total. The highest BCUT2D eigenvalue weighted by Crippen LogP contribution is 2.35. The van der Waals surface area contributed by atoms with E-state index in [9.17, 15) is 14.7 Å². The number of benzene rings is 1. The molecule has 0 fully saturated rings. The van der Waals surface area contributed by atoms with Crippen LogP contribution in [-0.2, 0) is 6.54 Å². The summed E-state index contributed by atoms with van der Waals surface area (Å²) in [6.45, 7) is 4.06. The van der Waals surface area contributed by atoms with Gasteiger partial charge in [-0.1, -0.05) is 25.1 Å². The number of carbonyl (C=O) groups excluding carboxylic acids is 1. The van der Waals surface area contributed by atoms with Crippen LogP contribution < -0.4 is 16.2 Å². The molecule has 2 unspecified atom stereocenters. The summed E-state index contributed by atoms with van der Waals surface area (Å²) in [4.78, 5) is 24.5. The van der Waals surface area contributed by atoms with Crippen molar-refractivity contribution in [3.05, 3.63) is 59.9 Å². The minimum Gasteiger partial charge on any atom is -0.478 e. The molecule has 0 radical (unpaired) electrons. The Balaban J connectivity index is 1.91. The lowest BCUT2D eigenvalue weighted by molar-refractivity contribution is 0.0689. The molecule has 1 aromatic heterocycles. The number of carboxylic acid groups (broad SMARTS) is 1. The zero-order valence-corrected chi connectivity index (χ0v) is 16.4. The Morgan fingerprint density at radius 1 is 1.28 bits per heavy atom. The lowest BCUT2D eigenvalue weighted by Crippen LogP contribution is -2.51. The number of nitrogens with one attached hydrogen (secondary N) is 1. The number of hydrogen-bond acceptors (Lipinski definition) is 5. The third kappa shape index (κ3) is 3.57. The van der Waals surface area contributed by atoms with Crippen LogP contribution in [0.4, 0.5) is 15.9 Å². The van der Waals surface area contributed by atoms with Gasteiger partial charge in [0, 0.05) is 25.4 Å². The van der Waals surface area contributed by atoms with Crippen molar-refractivity contribution >= 4 is 23.3 Å². The van der Waals surface area contributed by atoms with E-state index in [1.807, 2.05) is 48.3 Å². The van der Waals surface area contributed by atoms with Crippen molar-refractivity contribution in [3.8, 4) is 0 Å².